The van der Waals surface area contributed by atoms with Crippen LogP contribution in [0.1, 0.15) is 151 Å². The number of benzene rings is 3. The van der Waals surface area contributed by atoms with Crippen molar-refractivity contribution in [3.8, 4) is 5.75 Å². The molecule has 0 aliphatic carbocycles. The van der Waals surface area contributed by atoms with Crippen LogP contribution < -0.4 is 0 Å². The first-order valence-electron chi connectivity index (χ1n) is 14.5. The lowest BCUT2D eigenvalue weighted by Crippen LogP contribution is -2.27. The molecule has 3 rings (SSSR count). The van der Waals surface area contributed by atoms with Crippen LogP contribution in [0.2, 0.25) is 0 Å². The van der Waals surface area contributed by atoms with E-state index in [9.17, 15) is 13.9 Å². The smallest absolute Gasteiger partial charge is 0.159 e. The summed E-state index contributed by atoms with van der Waals surface area (Å²) < 4.78 is 45.2. The first-order chi connectivity index (χ1) is 18.3. The van der Waals surface area contributed by atoms with Crippen molar-refractivity contribution in [2.75, 3.05) is 0 Å². The van der Waals surface area contributed by atoms with E-state index >= 15 is 4.39 Å². The summed E-state index contributed by atoms with van der Waals surface area (Å²) in [6, 6.07) is 10.0. The van der Waals surface area contributed by atoms with E-state index in [2.05, 4.69) is 33.8 Å². The van der Waals surface area contributed by atoms with Crippen molar-refractivity contribution in [1.82, 2.24) is 0 Å². The molecule has 40 heavy (non-hydrogen) atoms. The van der Waals surface area contributed by atoms with E-state index in [-0.39, 0.29) is 35.2 Å². The van der Waals surface area contributed by atoms with Gasteiger partial charge in [-0.15, -0.1) is 0 Å². The summed E-state index contributed by atoms with van der Waals surface area (Å²) in [4.78, 5) is 0. The Morgan fingerprint density at radius 2 is 1.00 bits per heavy atom. The van der Waals surface area contributed by atoms with E-state index in [1.807, 2.05) is 61.5 Å². The van der Waals surface area contributed by atoms with E-state index in [0.717, 1.165) is 22.3 Å². The molecule has 3 aromatic carbocycles. The second-order valence-corrected chi connectivity index (χ2v) is 13.6. The van der Waals surface area contributed by atoms with Crippen LogP contribution in [-0.2, 0) is 10.8 Å². The summed E-state index contributed by atoms with van der Waals surface area (Å²) >= 11 is 0. The highest BCUT2D eigenvalue weighted by Crippen LogP contribution is 2.45. The molecule has 0 bridgehead atoms. The van der Waals surface area contributed by atoms with Gasteiger partial charge in [0.15, 0.2) is 11.6 Å². The van der Waals surface area contributed by atoms with Gasteiger partial charge < -0.3 is 5.11 Å². The lowest BCUT2D eigenvalue weighted by molar-refractivity contribution is 0.458. The molecular weight excluding hydrogens is 505 g/mol. The molecule has 0 radical (unpaired) electrons. The number of aromatic hydroxyl groups is 1. The van der Waals surface area contributed by atoms with E-state index in [0.29, 0.717) is 22.3 Å². The molecule has 0 aromatic heterocycles. The standard InChI is InChI=1S/C36H47F3O/c1-19(2)25-17-29(37)30(38)18-28(25)35(9,10)23-14-27(21(5)6)34(31(39)15-23)36(11,12)24-13-26(20(3)4)33(22(7)8)32(40)16-24/h13-22,40H,1-12H3. The average molecular weight is 553 g/mol. The maximum atomic E-state index is 16.5. The lowest BCUT2D eigenvalue weighted by Gasteiger charge is -2.35. The van der Waals surface area contributed by atoms with Gasteiger partial charge in [0.2, 0.25) is 0 Å². The van der Waals surface area contributed by atoms with E-state index in [1.54, 1.807) is 12.1 Å². The van der Waals surface area contributed by atoms with E-state index in [1.165, 1.54) is 12.1 Å². The summed E-state index contributed by atoms with van der Waals surface area (Å²) in [6.45, 7) is 24.2. The van der Waals surface area contributed by atoms with Crippen molar-refractivity contribution in [2.24, 2.45) is 0 Å². The zero-order valence-corrected chi connectivity index (χ0v) is 26.4. The van der Waals surface area contributed by atoms with Gasteiger partial charge in [-0.25, -0.2) is 13.2 Å². The number of hydrogen-bond donors (Lipinski definition) is 1. The highest BCUT2D eigenvalue weighted by molar-refractivity contribution is 5.54. The minimum atomic E-state index is -0.902. The molecule has 0 spiro atoms. The molecule has 0 atom stereocenters. The monoisotopic (exact) mass is 552 g/mol. The average Bonchev–Trinajstić information content (AvgIpc) is 2.83. The third kappa shape index (κ3) is 5.69. The zero-order valence-electron chi connectivity index (χ0n) is 26.4. The van der Waals surface area contributed by atoms with Crippen LogP contribution in [0, 0.1) is 17.5 Å². The molecule has 1 N–H and O–H groups in total. The topological polar surface area (TPSA) is 20.2 Å². The van der Waals surface area contributed by atoms with Crippen LogP contribution in [0.25, 0.3) is 0 Å². The van der Waals surface area contributed by atoms with E-state index in [4.69, 9.17) is 0 Å². The number of hydrogen-bond acceptors (Lipinski definition) is 1. The molecule has 0 saturated carbocycles. The molecule has 0 heterocycles. The first-order valence-corrected chi connectivity index (χ1v) is 14.5. The highest BCUT2D eigenvalue weighted by Gasteiger charge is 2.35. The first kappa shape index (κ1) is 31.8. The van der Waals surface area contributed by atoms with Crippen LogP contribution >= 0.6 is 0 Å². The van der Waals surface area contributed by atoms with Crippen molar-refractivity contribution in [2.45, 2.75) is 118 Å². The molecule has 0 amide bonds. The van der Waals surface area contributed by atoms with Crippen molar-refractivity contribution < 1.29 is 18.3 Å². The normalized spacial score (nSPS) is 12.9. The van der Waals surface area contributed by atoms with Crippen molar-refractivity contribution >= 4 is 0 Å². The number of phenolic OH excluding ortho intramolecular Hbond substituents is 1. The zero-order chi connectivity index (χ0) is 30.5. The van der Waals surface area contributed by atoms with Gasteiger partial charge in [0.25, 0.3) is 0 Å². The summed E-state index contributed by atoms with van der Waals surface area (Å²) in [5.41, 5.74) is 4.86. The number of halogens is 3. The number of rotatable bonds is 8. The molecule has 218 valence electrons. The fourth-order valence-corrected chi connectivity index (χ4v) is 6.11. The Balaban J connectivity index is 2.29. The summed E-state index contributed by atoms with van der Waals surface area (Å²) in [5, 5.41) is 11.1. The van der Waals surface area contributed by atoms with Crippen LogP contribution in [0.3, 0.4) is 0 Å². The fourth-order valence-electron chi connectivity index (χ4n) is 6.11. The van der Waals surface area contributed by atoms with Crippen molar-refractivity contribution in [3.05, 3.63) is 98.4 Å². The molecule has 0 unspecified atom stereocenters. The Kier molecular flexibility index (Phi) is 8.94. The predicted molar refractivity (Wildman–Crippen MR) is 161 cm³/mol. The second-order valence-electron chi connectivity index (χ2n) is 13.6. The molecular formula is C36H47F3O. The Hall–Kier alpha value is -2.75. The summed E-state index contributed by atoms with van der Waals surface area (Å²) in [6.07, 6.45) is 0. The Morgan fingerprint density at radius 3 is 1.50 bits per heavy atom. The highest BCUT2D eigenvalue weighted by atomic mass is 19.2. The molecule has 0 fully saturated rings. The Morgan fingerprint density at radius 1 is 0.525 bits per heavy atom. The molecule has 0 saturated heterocycles. The van der Waals surface area contributed by atoms with Gasteiger partial charge >= 0.3 is 0 Å². The SMILES string of the molecule is CC(C)c1cc(F)c(F)cc1C(C)(C)c1cc(F)c(C(C)(C)c2cc(O)c(C(C)C)c(C(C)C)c2)c(C(C)C)c1. The van der Waals surface area contributed by atoms with Gasteiger partial charge in [-0.05, 0) is 86.9 Å². The molecule has 4 heteroatoms. The van der Waals surface area contributed by atoms with Gasteiger partial charge in [0, 0.05) is 16.4 Å². The van der Waals surface area contributed by atoms with Crippen LogP contribution in [0.15, 0.2) is 36.4 Å². The van der Waals surface area contributed by atoms with E-state index < -0.39 is 22.5 Å². The van der Waals surface area contributed by atoms with Gasteiger partial charge in [-0.1, -0.05) is 95.2 Å². The van der Waals surface area contributed by atoms with Crippen LogP contribution in [0.5, 0.6) is 5.75 Å². The van der Waals surface area contributed by atoms with Crippen LogP contribution in [0.4, 0.5) is 13.2 Å². The molecule has 0 aliphatic rings. The van der Waals surface area contributed by atoms with Crippen LogP contribution in [-0.4, -0.2) is 5.11 Å². The van der Waals surface area contributed by atoms with Gasteiger partial charge in [0.1, 0.15) is 11.6 Å². The van der Waals surface area contributed by atoms with Gasteiger partial charge in [0.05, 0.1) is 0 Å². The Bertz CT molecular complexity index is 1390. The Labute approximate surface area is 239 Å². The summed E-state index contributed by atoms with van der Waals surface area (Å²) in [7, 11) is 0. The largest absolute Gasteiger partial charge is 0.508 e. The minimum absolute atomic E-state index is 0.00199. The molecule has 0 aliphatic heterocycles. The van der Waals surface area contributed by atoms with Gasteiger partial charge in [-0.3, -0.25) is 0 Å². The third-order valence-corrected chi connectivity index (χ3v) is 8.59. The summed E-state index contributed by atoms with van der Waals surface area (Å²) in [5.74, 6) is -1.55. The van der Waals surface area contributed by atoms with Gasteiger partial charge in [-0.2, -0.15) is 0 Å². The quantitative estimate of drug-likeness (QED) is 0.295. The second kappa shape index (κ2) is 11.3. The third-order valence-electron chi connectivity index (χ3n) is 8.59. The number of phenols is 1. The maximum Gasteiger partial charge on any atom is 0.159 e. The van der Waals surface area contributed by atoms with Crippen molar-refractivity contribution in [3.63, 3.8) is 0 Å². The maximum absolute atomic E-state index is 16.5. The minimum Gasteiger partial charge on any atom is -0.508 e. The van der Waals surface area contributed by atoms with Crippen molar-refractivity contribution in [1.29, 1.82) is 0 Å². The molecule has 1 nitrogen and oxygen atoms in total. The predicted octanol–water partition coefficient (Wildman–Crippen LogP) is 11.0. The lowest BCUT2D eigenvalue weighted by atomic mass is 9.69. The fraction of sp³-hybridized carbons (Fsp3) is 0.500. The molecule has 3 aromatic rings.